The second-order valence-electron chi connectivity index (χ2n) is 3.78. The Bertz CT molecular complexity index is 487. The monoisotopic (exact) mass is 266 g/mol. The van der Waals surface area contributed by atoms with E-state index in [1.54, 1.807) is 0 Å². The Morgan fingerprint density at radius 3 is 3.20 bits per heavy atom. The molecular weight excluding hydrogens is 256 g/mol. The summed E-state index contributed by atoms with van der Waals surface area (Å²) in [6.45, 7) is 2.09. The molecule has 0 saturated carbocycles. The molecule has 5 heteroatoms. The summed E-state index contributed by atoms with van der Waals surface area (Å²) in [4.78, 5) is 8.85. The van der Waals surface area contributed by atoms with Gasteiger partial charge in [0.2, 0.25) is 0 Å². The molecule has 1 saturated heterocycles. The molecule has 2 aromatic heterocycles. The van der Waals surface area contributed by atoms with E-state index in [0.717, 1.165) is 35.5 Å². The lowest BCUT2D eigenvalue weighted by molar-refractivity contribution is 0.733. The van der Waals surface area contributed by atoms with Gasteiger partial charge in [-0.25, -0.2) is 4.98 Å². The first-order valence-electron chi connectivity index (χ1n) is 5.04. The number of fused-ring (bicyclic) bond motifs is 1. The molecule has 1 aliphatic heterocycles. The molecule has 1 unspecified atom stereocenters. The van der Waals surface area contributed by atoms with Crippen LogP contribution in [0, 0.1) is 0 Å². The quantitative estimate of drug-likeness (QED) is 0.852. The van der Waals surface area contributed by atoms with E-state index in [2.05, 4.69) is 31.2 Å². The zero-order valence-electron chi connectivity index (χ0n) is 8.15. The van der Waals surface area contributed by atoms with Gasteiger partial charge in [-0.1, -0.05) is 0 Å². The van der Waals surface area contributed by atoms with Crippen LogP contribution >= 0.6 is 15.9 Å². The van der Waals surface area contributed by atoms with Gasteiger partial charge in [0.25, 0.3) is 0 Å². The van der Waals surface area contributed by atoms with Gasteiger partial charge >= 0.3 is 0 Å². The van der Waals surface area contributed by atoms with E-state index in [1.807, 2.05) is 23.0 Å². The average molecular weight is 267 g/mol. The summed E-state index contributed by atoms with van der Waals surface area (Å²) >= 11 is 3.47. The van der Waals surface area contributed by atoms with E-state index < -0.39 is 0 Å². The Labute approximate surface area is 95.9 Å². The summed E-state index contributed by atoms with van der Waals surface area (Å²) < 4.78 is 3.01. The summed E-state index contributed by atoms with van der Waals surface area (Å²) in [7, 11) is 0. The first-order chi connectivity index (χ1) is 7.36. The lowest BCUT2D eigenvalue weighted by Gasteiger charge is -2.08. The fourth-order valence-corrected chi connectivity index (χ4v) is 2.47. The molecule has 1 N–H and O–H groups in total. The number of aromatic nitrogens is 3. The van der Waals surface area contributed by atoms with Crippen LogP contribution in [-0.2, 0) is 0 Å². The number of rotatable bonds is 1. The van der Waals surface area contributed by atoms with Gasteiger partial charge < -0.3 is 5.32 Å². The van der Waals surface area contributed by atoms with Crippen molar-refractivity contribution < 1.29 is 0 Å². The highest BCUT2D eigenvalue weighted by molar-refractivity contribution is 9.10. The van der Waals surface area contributed by atoms with Gasteiger partial charge in [-0.3, -0.25) is 9.38 Å². The van der Waals surface area contributed by atoms with Crippen molar-refractivity contribution >= 4 is 21.6 Å². The van der Waals surface area contributed by atoms with Crippen LogP contribution in [0.15, 0.2) is 23.2 Å². The zero-order valence-corrected chi connectivity index (χ0v) is 9.74. The van der Waals surface area contributed by atoms with Gasteiger partial charge in [0.1, 0.15) is 4.60 Å². The molecule has 3 rings (SSSR count). The minimum Gasteiger partial charge on any atom is -0.316 e. The molecule has 15 heavy (non-hydrogen) atoms. The minimum atomic E-state index is 0.503. The second-order valence-corrected chi connectivity index (χ2v) is 4.59. The third-order valence-corrected chi connectivity index (χ3v) is 3.44. The number of nitrogens with one attached hydrogen (secondary N) is 1. The third-order valence-electron chi connectivity index (χ3n) is 2.86. The SMILES string of the molecule is Brc1cnc2c(C3CCNC3)nccn12. The van der Waals surface area contributed by atoms with Gasteiger partial charge in [-0.05, 0) is 28.9 Å². The lowest BCUT2D eigenvalue weighted by atomic mass is 10.1. The summed E-state index contributed by atoms with van der Waals surface area (Å²) in [5.74, 6) is 0.503. The standard InChI is InChI=1S/C10H11BrN4/c11-8-6-14-10-9(7-1-2-12-5-7)13-3-4-15(8)10/h3-4,6-7,12H,1-2,5H2. The van der Waals surface area contributed by atoms with Crippen molar-refractivity contribution in [2.45, 2.75) is 12.3 Å². The fraction of sp³-hybridized carbons (Fsp3) is 0.400. The van der Waals surface area contributed by atoms with Gasteiger partial charge in [-0.2, -0.15) is 0 Å². The first kappa shape index (κ1) is 9.30. The van der Waals surface area contributed by atoms with Crippen LogP contribution in [0.25, 0.3) is 5.65 Å². The maximum Gasteiger partial charge on any atom is 0.159 e. The predicted molar refractivity (Wildman–Crippen MR) is 60.9 cm³/mol. The molecule has 3 heterocycles. The van der Waals surface area contributed by atoms with Crippen LogP contribution in [0.4, 0.5) is 0 Å². The molecule has 1 atom stereocenters. The van der Waals surface area contributed by atoms with Gasteiger partial charge in [0.15, 0.2) is 5.65 Å². The van der Waals surface area contributed by atoms with Crippen molar-refractivity contribution in [3.8, 4) is 0 Å². The number of nitrogens with zero attached hydrogens (tertiary/aromatic N) is 3. The van der Waals surface area contributed by atoms with E-state index in [-0.39, 0.29) is 0 Å². The Balaban J connectivity index is 2.17. The smallest absolute Gasteiger partial charge is 0.159 e. The summed E-state index contributed by atoms with van der Waals surface area (Å²) in [6.07, 6.45) is 6.74. The van der Waals surface area contributed by atoms with Crippen molar-refractivity contribution in [2.24, 2.45) is 0 Å². The van der Waals surface area contributed by atoms with Crippen LogP contribution in [-0.4, -0.2) is 27.5 Å². The van der Waals surface area contributed by atoms with E-state index in [9.17, 15) is 0 Å². The van der Waals surface area contributed by atoms with Crippen molar-refractivity contribution in [3.05, 3.63) is 28.9 Å². The number of hydrogen-bond donors (Lipinski definition) is 1. The zero-order chi connectivity index (χ0) is 10.3. The Morgan fingerprint density at radius 1 is 1.47 bits per heavy atom. The van der Waals surface area contributed by atoms with Crippen LogP contribution in [0.3, 0.4) is 0 Å². The van der Waals surface area contributed by atoms with Crippen LogP contribution in [0.2, 0.25) is 0 Å². The highest BCUT2D eigenvalue weighted by Gasteiger charge is 2.21. The highest BCUT2D eigenvalue weighted by atomic mass is 79.9. The molecule has 0 spiro atoms. The molecule has 4 nitrogen and oxygen atoms in total. The molecule has 0 amide bonds. The van der Waals surface area contributed by atoms with E-state index in [4.69, 9.17) is 0 Å². The van der Waals surface area contributed by atoms with E-state index >= 15 is 0 Å². The third kappa shape index (κ3) is 1.46. The summed E-state index contributed by atoms with van der Waals surface area (Å²) in [5, 5.41) is 3.35. The fourth-order valence-electron chi connectivity index (χ4n) is 2.09. The molecule has 1 aliphatic rings. The number of imidazole rings is 1. The molecule has 0 bridgehead atoms. The van der Waals surface area contributed by atoms with Gasteiger partial charge in [-0.15, -0.1) is 0 Å². The Kier molecular flexibility index (Phi) is 2.21. The lowest BCUT2D eigenvalue weighted by Crippen LogP contribution is -2.10. The van der Waals surface area contributed by atoms with Crippen LogP contribution in [0.1, 0.15) is 18.0 Å². The maximum absolute atomic E-state index is 4.46. The first-order valence-corrected chi connectivity index (χ1v) is 5.84. The predicted octanol–water partition coefficient (Wildman–Crippen LogP) is 1.57. The molecule has 78 valence electrons. The molecule has 0 radical (unpaired) electrons. The average Bonchev–Trinajstić information content (AvgIpc) is 2.88. The van der Waals surface area contributed by atoms with E-state index in [1.165, 1.54) is 0 Å². The minimum absolute atomic E-state index is 0.503. The van der Waals surface area contributed by atoms with Crippen molar-refractivity contribution in [1.82, 2.24) is 19.7 Å². The largest absolute Gasteiger partial charge is 0.316 e. The maximum atomic E-state index is 4.46. The van der Waals surface area contributed by atoms with Crippen molar-refractivity contribution in [2.75, 3.05) is 13.1 Å². The molecular formula is C10H11BrN4. The molecule has 2 aromatic rings. The Morgan fingerprint density at radius 2 is 2.40 bits per heavy atom. The number of hydrogen-bond acceptors (Lipinski definition) is 3. The van der Waals surface area contributed by atoms with Crippen LogP contribution < -0.4 is 5.32 Å². The molecule has 0 aliphatic carbocycles. The van der Waals surface area contributed by atoms with E-state index in [0.29, 0.717) is 5.92 Å². The van der Waals surface area contributed by atoms with Gasteiger partial charge in [0.05, 0.1) is 11.9 Å². The summed E-state index contributed by atoms with van der Waals surface area (Å²) in [6, 6.07) is 0. The normalized spacial score (nSPS) is 21.3. The topological polar surface area (TPSA) is 42.2 Å². The second kappa shape index (κ2) is 3.57. The Hall–Kier alpha value is -0.940. The van der Waals surface area contributed by atoms with Crippen molar-refractivity contribution in [1.29, 1.82) is 0 Å². The van der Waals surface area contributed by atoms with Crippen LogP contribution in [0.5, 0.6) is 0 Å². The molecule has 0 aromatic carbocycles. The van der Waals surface area contributed by atoms with Gasteiger partial charge in [0, 0.05) is 24.9 Å². The summed E-state index contributed by atoms with van der Waals surface area (Å²) in [5.41, 5.74) is 2.08. The molecule has 1 fully saturated rings. The van der Waals surface area contributed by atoms with Crippen molar-refractivity contribution in [3.63, 3.8) is 0 Å². The number of halogens is 1. The highest BCUT2D eigenvalue weighted by Crippen LogP contribution is 2.25.